The summed E-state index contributed by atoms with van der Waals surface area (Å²) in [5.41, 5.74) is 1.86. The van der Waals surface area contributed by atoms with Crippen LogP contribution in [0.15, 0.2) is 17.6 Å². The van der Waals surface area contributed by atoms with Gasteiger partial charge in [-0.3, -0.25) is 4.68 Å². The first-order valence-electron chi connectivity index (χ1n) is 7.40. The molecule has 23 heavy (non-hydrogen) atoms. The highest BCUT2D eigenvalue weighted by Gasteiger charge is 2.30. The third kappa shape index (κ3) is 3.97. The van der Waals surface area contributed by atoms with E-state index in [9.17, 15) is 8.42 Å². The third-order valence-electron chi connectivity index (χ3n) is 3.83. The van der Waals surface area contributed by atoms with Crippen molar-refractivity contribution in [3.63, 3.8) is 0 Å². The quantitative estimate of drug-likeness (QED) is 0.734. The number of sulfonamides is 1. The van der Waals surface area contributed by atoms with E-state index in [0.717, 1.165) is 16.4 Å². The Morgan fingerprint density at radius 2 is 2.30 bits per heavy atom. The molecule has 1 aliphatic rings. The molecule has 126 valence electrons. The van der Waals surface area contributed by atoms with Crippen LogP contribution in [0.25, 0.3) is 0 Å². The highest BCUT2D eigenvalue weighted by molar-refractivity contribution is 7.88. The van der Waals surface area contributed by atoms with Crippen LogP contribution in [0.4, 0.5) is 0 Å². The monoisotopic (exact) mass is 356 g/mol. The van der Waals surface area contributed by atoms with E-state index in [1.54, 1.807) is 17.5 Å². The number of aromatic nitrogens is 3. The van der Waals surface area contributed by atoms with Gasteiger partial charge in [-0.05, 0) is 19.4 Å². The molecule has 0 fully saturated rings. The number of nitrogens with zero attached hydrogens (tertiary/aromatic N) is 4. The van der Waals surface area contributed by atoms with Crippen molar-refractivity contribution >= 4 is 21.4 Å². The molecule has 9 heteroatoms. The van der Waals surface area contributed by atoms with Gasteiger partial charge >= 0.3 is 0 Å². The van der Waals surface area contributed by atoms with E-state index < -0.39 is 10.0 Å². The Hall–Kier alpha value is -1.29. The summed E-state index contributed by atoms with van der Waals surface area (Å²) >= 11 is 1.61. The van der Waals surface area contributed by atoms with E-state index in [0.29, 0.717) is 32.7 Å². The molecule has 0 saturated carbocycles. The molecule has 0 aromatic carbocycles. The van der Waals surface area contributed by atoms with Gasteiger partial charge in [0.25, 0.3) is 0 Å². The number of rotatable bonds is 6. The van der Waals surface area contributed by atoms with Gasteiger partial charge in [-0.25, -0.2) is 13.4 Å². The minimum Gasteiger partial charge on any atom is -0.375 e. The topological polar surface area (TPSA) is 77.3 Å². The van der Waals surface area contributed by atoms with Gasteiger partial charge < -0.3 is 4.74 Å². The molecule has 2 aromatic rings. The fourth-order valence-electron chi connectivity index (χ4n) is 2.69. The summed E-state index contributed by atoms with van der Waals surface area (Å²) in [5.74, 6) is 0. The Balaban J connectivity index is 1.58. The summed E-state index contributed by atoms with van der Waals surface area (Å²) in [7, 11) is -3.21. The Morgan fingerprint density at radius 1 is 1.48 bits per heavy atom. The maximum absolute atomic E-state index is 11.8. The van der Waals surface area contributed by atoms with Crippen molar-refractivity contribution in [3.8, 4) is 0 Å². The van der Waals surface area contributed by atoms with Crippen molar-refractivity contribution in [2.75, 3.05) is 19.4 Å². The van der Waals surface area contributed by atoms with Crippen LogP contribution in [-0.4, -0.2) is 46.9 Å². The van der Waals surface area contributed by atoms with Gasteiger partial charge in [-0.15, -0.1) is 11.3 Å². The molecule has 1 atom stereocenters. The predicted octanol–water partition coefficient (Wildman–Crippen LogP) is 1.57. The van der Waals surface area contributed by atoms with Crippen molar-refractivity contribution in [2.24, 2.45) is 0 Å². The summed E-state index contributed by atoms with van der Waals surface area (Å²) in [5, 5.41) is 7.35. The fourth-order valence-corrected chi connectivity index (χ4v) is 4.10. The maximum atomic E-state index is 11.8. The molecular weight excluding hydrogens is 336 g/mol. The molecule has 0 spiro atoms. The summed E-state index contributed by atoms with van der Waals surface area (Å²) in [6, 6.07) is 1.86. The second-order valence-corrected chi connectivity index (χ2v) is 8.72. The molecule has 2 aromatic heterocycles. The van der Waals surface area contributed by atoms with Crippen LogP contribution in [0.3, 0.4) is 0 Å². The molecule has 1 aliphatic heterocycles. The molecule has 0 aliphatic carbocycles. The zero-order valence-corrected chi connectivity index (χ0v) is 14.8. The molecule has 0 saturated heterocycles. The highest BCUT2D eigenvalue weighted by Crippen LogP contribution is 2.24. The van der Waals surface area contributed by atoms with Gasteiger partial charge in [0, 0.05) is 24.7 Å². The first-order chi connectivity index (χ1) is 10.9. The number of hydrogen-bond donors (Lipinski definition) is 0. The predicted molar refractivity (Wildman–Crippen MR) is 87.6 cm³/mol. The second kappa shape index (κ2) is 6.68. The Morgan fingerprint density at radius 3 is 3.00 bits per heavy atom. The largest absolute Gasteiger partial charge is 0.375 e. The van der Waals surface area contributed by atoms with E-state index in [1.165, 1.54) is 10.6 Å². The summed E-state index contributed by atoms with van der Waals surface area (Å²) < 4.78 is 32.8. The first kappa shape index (κ1) is 16.6. The van der Waals surface area contributed by atoms with Gasteiger partial charge in [0.1, 0.15) is 0 Å². The average Bonchev–Trinajstić information content (AvgIpc) is 3.11. The lowest BCUT2D eigenvalue weighted by molar-refractivity contribution is 0.0974. The first-order valence-corrected chi connectivity index (χ1v) is 10.1. The third-order valence-corrected chi connectivity index (χ3v) is 5.87. The normalized spacial score (nSPS) is 19.0. The van der Waals surface area contributed by atoms with E-state index >= 15 is 0 Å². The van der Waals surface area contributed by atoms with E-state index in [-0.39, 0.29) is 6.04 Å². The van der Waals surface area contributed by atoms with Crippen LogP contribution >= 0.6 is 11.3 Å². The van der Waals surface area contributed by atoms with Crippen LogP contribution in [0.2, 0.25) is 0 Å². The number of ether oxygens (including phenoxy) is 1. The lowest BCUT2D eigenvalue weighted by atomic mass is 10.1. The molecule has 0 unspecified atom stereocenters. The summed E-state index contributed by atoms with van der Waals surface area (Å²) in [4.78, 5) is 4.36. The Labute approximate surface area is 140 Å². The van der Waals surface area contributed by atoms with Crippen molar-refractivity contribution in [1.82, 2.24) is 19.1 Å². The summed E-state index contributed by atoms with van der Waals surface area (Å²) in [6.45, 7) is 3.81. The minimum atomic E-state index is -3.21. The van der Waals surface area contributed by atoms with Gasteiger partial charge in [-0.1, -0.05) is 0 Å². The van der Waals surface area contributed by atoms with Crippen molar-refractivity contribution in [2.45, 2.75) is 32.5 Å². The molecule has 3 rings (SSSR count). The molecule has 0 N–H and O–H groups in total. The van der Waals surface area contributed by atoms with Crippen LogP contribution in [0.1, 0.15) is 28.9 Å². The number of hydrogen-bond acceptors (Lipinski definition) is 6. The van der Waals surface area contributed by atoms with Crippen molar-refractivity contribution in [3.05, 3.63) is 34.0 Å². The minimum absolute atomic E-state index is 0.000597. The van der Waals surface area contributed by atoms with Crippen LogP contribution in [-0.2, 0) is 27.9 Å². The summed E-state index contributed by atoms with van der Waals surface area (Å²) in [6.07, 6.45) is 3.67. The van der Waals surface area contributed by atoms with Crippen LogP contribution < -0.4 is 0 Å². The smallest absolute Gasteiger partial charge is 0.211 e. The van der Waals surface area contributed by atoms with Crippen LogP contribution in [0.5, 0.6) is 0 Å². The lowest BCUT2D eigenvalue weighted by Gasteiger charge is -2.32. The average molecular weight is 356 g/mol. The maximum Gasteiger partial charge on any atom is 0.211 e. The number of fused-ring (bicyclic) bond motifs is 1. The highest BCUT2D eigenvalue weighted by atomic mass is 32.2. The number of aryl methyl sites for hydroxylation is 1. The van der Waals surface area contributed by atoms with Crippen molar-refractivity contribution in [1.29, 1.82) is 0 Å². The Bertz CT molecular complexity index is 769. The van der Waals surface area contributed by atoms with Gasteiger partial charge in [0.2, 0.25) is 10.0 Å². The van der Waals surface area contributed by atoms with E-state index in [4.69, 9.17) is 4.74 Å². The molecular formula is C14H20N4O3S2. The molecule has 7 nitrogen and oxygen atoms in total. The Kier molecular flexibility index (Phi) is 4.81. The van der Waals surface area contributed by atoms with E-state index in [2.05, 4.69) is 10.1 Å². The lowest BCUT2D eigenvalue weighted by Crippen LogP contribution is -2.41. The van der Waals surface area contributed by atoms with Crippen molar-refractivity contribution < 1.29 is 13.2 Å². The molecule has 0 amide bonds. The SMILES string of the molecule is Cc1nc(COCC[C@@H]2CN(S(C)(=O)=O)Cc3ccnn32)cs1. The van der Waals surface area contributed by atoms with Crippen LogP contribution in [0, 0.1) is 6.92 Å². The zero-order valence-electron chi connectivity index (χ0n) is 13.2. The van der Waals surface area contributed by atoms with Gasteiger partial charge in [0.05, 0.1) is 41.8 Å². The molecule has 0 bridgehead atoms. The fraction of sp³-hybridized carbons (Fsp3) is 0.571. The second-order valence-electron chi connectivity index (χ2n) is 5.68. The standard InChI is InChI=1S/C14H20N4O3S2/c1-11-16-12(10-22-11)9-21-6-4-14-8-17(23(2,19)20)7-13-3-5-15-18(13)14/h3,5,10,14H,4,6-9H2,1-2H3/t14-/m1/s1. The number of thiazole rings is 1. The zero-order chi connectivity index (χ0) is 16.4. The van der Waals surface area contributed by atoms with Gasteiger partial charge in [-0.2, -0.15) is 9.40 Å². The molecule has 0 radical (unpaired) electrons. The van der Waals surface area contributed by atoms with E-state index in [1.807, 2.05) is 23.1 Å². The van der Waals surface area contributed by atoms with Gasteiger partial charge in [0.15, 0.2) is 0 Å². The molecule has 3 heterocycles.